The highest BCUT2D eigenvalue weighted by atomic mass is 16.3. The van der Waals surface area contributed by atoms with Crippen molar-refractivity contribution in [3.63, 3.8) is 0 Å². The Kier molecular flexibility index (Phi) is 5.90. The summed E-state index contributed by atoms with van der Waals surface area (Å²) in [6.45, 7) is 0. The smallest absolute Gasteiger partial charge is 0.164 e. The summed E-state index contributed by atoms with van der Waals surface area (Å²) in [5, 5.41) is 4.62. The average Bonchev–Trinajstić information content (AvgIpc) is 3.72. The number of hydrogen-bond acceptors (Lipinski definition) is 4. The van der Waals surface area contributed by atoms with Crippen molar-refractivity contribution in [2.45, 2.75) is 6.42 Å². The lowest BCUT2D eigenvalue weighted by molar-refractivity contribution is 0.669. The molecule has 2 heterocycles. The van der Waals surface area contributed by atoms with Crippen LogP contribution in [0, 0.1) is 0 Å². The summed E-state index contributed by atoms with van der Waals surface area (Å²) in [5.41, 5.74) is 12.1. The Hall–Kier alpha value is -6.39. The molecule has 0 aliphatic heterocycles. The van der Waals surface area contributed by atoms with Gasteiger partial charge in [0.05, 0.1) is 0 Å². The van der Waals surface area contributed by atoms with E-state index in [1.807, 2.05) is 30.3 Å². The minimum atomic E-state index is 0.612. The van der Waals surface area contributed by atoms with Crippen molar-refractivity contribution in [1.82, 2.24) is 15.0 Å². The summed E-state index contributed by atoms with van der Waals surface area (Å²) in [7, 11) is 0. The molecule has 0 saturated heterocycles. The molecule has 1 aliphatic rings. The predicted molar refractivity (Wildman–Crippen MR) is 195 cm³/mol. The van der Waals surface area contributed by atoms with E-state index in [-0.39, 0.29) is 0 Å². The lowest BCUT2D eigenvalue weighted by Crippen LogP contribution is -2.00. The molecule has 0 fully saturated rings. The molecule has 2 aromatic heterocycles. The summed E-state index contributed by atoms with van der Waals surface area (Å²) < 4.78 is 6.43. The van der Waals surface area contributed by atoms with Gasteiger partial charge in [0, 0.05) is 27.5 Å². The molecular formula is C44H27N3O. The molecule has 224 valence electrons. The van der Waals surface area contributed by atoms with Gasteiger partial charge in [0.25, 0.3) is 0 Å². The second-order valence-corrected chi connectivity index (χ2v) is 12.4. The highest BCUT2D eigenvalue weighted by Crippen LogP contribution is 2.39. The van der Waals surface area contributed by atoms with Crippen LogP contribution in [0.2, 0.25) is 0 Å². The van der Waals surface area contributed by atoms with Gasteiger partial charge < -0.3 is 4.42 Å². The van der Waals surface area contributed by atoms with Gasteiger partial charge in [-0.1, -0.05) is 121 Å². The van der Waals surface area contributed by atoms with Crippen molar-refractivity contribution in [2.24, 2.45) is 0 Å². The third kappa shape index (κ3) is 4.34. The minimum absolute atomic E-state index is 0.612. The summed E-state index contributed by atoms with van der Waals surface area (Å²) in [5.74, 6) is 1.91. The molecule has 0 spiro atoms. The molecule has 0 unspecified atom stereocenters. The number of furan rings is 1. The van der Waals surface area contributed by atoms with Crippen LogP contribution in [-0.4, -0.2) is 15.0 Å². The molecule has 0 bridgehead atoms. The molecule has 10 rings (SSSR count). The van der Waals surface area contributed by atoms with Gasteiger partial charge in [0.1, 0.15) is 11.2 Å². The SMILES string of the molecule is c1ccc(-c2nc(-c3ccc4c(c3)Cc3ccccc3-4)nc(-c3ccc4c(c3)oc3ccc(-c5cccc6ccccc56)cc34)n2)cc1. The van der Waals surface area contributed by atoms with Crippen LogP contribution < -0.4 is 0 Å². The molecule has 4 heteroatoms. The minimum Gasteiger partial charge on any atom is -0.456 e. The van der Waals surface area contributed by atoms with Crippen LogP contribution in [0.15, 0.2) is 156 Å². The van der Waals surface area contributed by atoms with Crippen LogP contribution in [-0.2, 0) is 6.42 Å². The van der Waals surface area contributed by atoms with E-state index in [9.17, 15) is 0 Å². The molecule has 1 aliphatic carbocycles. The van der Waals surface area contributed by atoms with Crippen molar-refractivity contribution in [2.75, 3.05) is 0 Å². The van der Waals surface area contributed by atoms with Crippen molar-refractivity contribution < 1.29 is 4.42 Å². The molecule has 9 aromatic rings. The van der Waals surface area contributed by atoms with E-state index >= 15 is 0 Å². The topological polar surface area (TPSA) is 51.8 Å². The number of benzene rings is 7. The highest BCUT2D eigenvalue weighted by molar-refractivity contribution is 6.08. The van der Waals surface area contributed by atoms with E-state index in [1.165, 1.54) is 38.6 Å². The van der Waals surface area contributed by atoms with E-state index in [0.29, 0.717) is 17.5 Å². The first-order valence-electron chi connectivity index (χ1n) is 16.2. The van der Waals surface area contributed by atoms with Gasteiger partial charge in [-0.3, -0.25) is 0 Å². The van der Waals surface area contributed by atoms with E-state index < -0.39 is 0 Å². The van der Waals surface area contributed by atoms with E-state index in [0.717, 1.165) is 50.6 Å². The van der Waals surface area contributed by atoms with Crippen molar-refractivity contribution in [1.29, 1.82) is 0 Å². The second-order valence-electron chi connectivity index (χ2n) is 12.4. The number of aromatic nitrogens is 3. The molecule has 0 N–H and O–H groups in total. The van der Waals surface area contributed by atoms with Crippen molar-refractivity contribution in [3.8, 4) is 56.4 Å². The van der Waals surface area contributed by atoms with Crippen LogP contribution >= 0.6 is 0 Å². The zero-order valence-electron chi connectivity index (χ0n) is 25.9. The number of hydrogen-bond donors (Lipinski definition) is 0. The fourth-order valence-corrected chi connectivity index (χ4v) is 7.20. The van der Waals surface area contributed by atoms with Crippen LogP contribution in [0.25, 0.3) is 89.1 Å². The van der Waals surface area contributed by atoms with Gasteiger partial charge in [-0.2, -0.15) is 0 Å². The van der Waals surface area contributed by atoms with Gasteiger partial charge in [-0.05, 0) is 80.9 Å². The van der Waals surface area contributed by atoms with Crippen LogP contribution in [0.3, 0.4) is 0 Å². The van der Waals surface area contributed by atoms with Crippen LogP contribution in [0.1, 0.15) is 11.1 Å². The van der Waals surface area contributed by atoms with Gasteiger partial charge in [0.2, 0.25) is 0 Å². The third-order valence-corrected chi connectivity index (χ3v) is 9.55. The lowest BCUT2D eigenvalue weighted by Gasteiger charge is -2.10. The monoisotopic (exact) mass is 613 g/mol. The van der Waals surface area contributed by atoms with Gasteiger partial charge in [-0.25, -0.2) is 15.0 Å². The van der Waals surface area contributed by atoms with Crippen molar-refractivity contribution in [3.05, 3.63) is 163 Å². The van der Waals surface area contributed by atoms with Crippen molar-refractivity contribution >= 4 is 32.7 Å². The van der Waals surface area contributed by atoms with Crippen LogP contribution in [0.4, 0.5) is 0 Å². The molecule has 0 radical (unpaired) electrons. The fourth-order valence-electron chi connectivity index (χ4n) is 7.20. The number of fused-ring (bicyclic) bond motifs is 7. The zero-order chi connectivity index (χ0) is 31.6. The molecule has 7 aromatic carbocycles. The number of rotatable bonds is 4. The summed E-state index contributed by atoms with van der Waals surface area (Å²) in [6, 6.07) is 53.0. The first-order chi connectivity index (χ1) is 23.7. The highest BCUT2D eigenvalue weighted by Gasteiger charge is 2.20. The normalized spacial score (nSPS) is 12.1. The molecule has 4 nitrogen and oxygen atoms in total. The van der Waals surface area contributed by atoms with Crippen LogP contribution in [0.5, 0.6) is 0 Å². The molecular weight excluding hydrogens is 587 g/mol. The zero-order valence-corrected chi connectivity index (χ0v) is 25.9. The maximum Gasteiger partial charge on any atom is 0.164 e. The largest absolute Gasteiger partial charge is 0.456 e. The molecule has 48 heavy (non-hydrogen) atoms. The molecule has 0 atom stereocenters. The Morgan fingerprint density at radius 1 is 0.375 bits per heavy atom. The fraction of sp³-hybridized carbons (Fsp3) is 0.0227. The average molecular weight is 614 g/mol. The Labute approximate surface area is 277 Å². The van der Waals surface area contributed by atoms with Gasteiger partial charge >= 0.3 is 0 Å². The van der Waals surface area contributed by atoms with Gasteiger partial charge in [0.15, 0.2) is 17.5 Å². The predicted octanol–water partition coefficient (Wildman–Crippen LogP) is 11.2. The van der Waals surface area contributed by atoms with E-state index in [4.69, 9.17) is 19.4 Å². The summed E-state index contributed by atoms with van der Waals surface area (Å²) in [6.07, 6.45) is 0.910. The summed E-state index contributed by atoms with van der Waals surface area (Å²) in [4.78, 5) is 15.0. The Bertz CT molecular complexity index is 2700. The second kappa shape index (κ2) is 10.6. The van der Waals surface area contributed by atoms with E-state index in [1.54, 1.807) is 0 Å². The van der Waals surface area contributed by atoms with E-state index in [2.05, 4.69) is 121 Å². The first-order valence-corrected chi connectivity index (χ1v) is 16.2. The third-order valence-electron chi connectivity index (χ3n) is 9.55. The lowest BCUT2D eigenvalue weighted by atomic mass is 9.97. The first kappa shape index (κ1) is 26.8. The standard InChI is InChI=1S/C44H27N3O/c1-2-10-28(11-3-1)42-45-43(31-17-20-37-33(24-31)23-29-12-5-7-15-35(29)37)47-44(46-42)32-18-21-38-39-25-30(19-22-40(39)48-41(38)26-32)36-16-8-13-27-9-4-6-14-34(27)36/h1-22,24-26H,23H2. The Balaban J connectivity index is 1.09. The maximum absolute atomic E-state index is 6.43. The van der Waals surface area contributed by atoms with Gasteiger partial charge in [-0.15, -0.1) is 0 Å². The maximum atomic E-state index is 6.43. The molecule has 0 saturated carbocycles. The molecule has 0 amide bonds. The summed E-state index contributed by atoms with van der Waals surface area (Å²) >= 11 is 0. The Morgan fingerprint density at radius 3 is 1.94 bits per heavy atom. The quantitative estimate of drug-likeness (QED) is 0.198. The Morgan fingerprint density at radius 2 is 1.04 bits per heavy atom. The number of nitrogens with zero attached hydrogens (tertiary/aromatic N) is 3.